The van der Waals surface area contributed by atoms with Crippen molar-refractivity contribution in [3.63, 3.8) is 0 Å². The zero-order valence-corrected chi connectivity index (χ0v) is 14.5. The number of rotatable bonds is 5. The molecule has 5 nitrogen and oxygen atoms in total. The van der Waals surface area contributed by atoms with Crippen molar-refractivity contribution in [2.75, 3.05) is 0 Å². The summed E-state index contributed by atoms with van der Waals surface area (Å²) < 4.78 is 1.98. The number of carbonyl (C=O) groups is 1. The number of nitrogens with one attached hydrogen (secondary N) is 1. The van der Waals surface area contributed by atoms with E-state index >= 15 is 0 Å². The van der Waals surface area contributed by atoms with Crippen LogP contribution in [0.4, 0.5) is 0 Å². The van der Waals surface area contributed by atoms with E-state index in [4.69, 9.17) is 0 Å². The third-order valence-corrected chi connectivity index (χ3v) is 4.96. The lowest BCUT2D eigenvalue weighted by atomic mass is 10.1. The average Bonchev–Trinajstić information content (AvgIpc) is 3.09. The second-order valence-electron chi connectivity index (χ2n) is 5.91. The molecule has 0 saturated heterocycles. The van der Waals surface area contributed by atoms with E-state index in [1.807, 2.05) is 42.7 Å². The molecule has 0 aliphatic carbocycles. The molecule has 6 heteroatoms. The third-order valence-electron chi connectivity index (χ3n) is 3.89. The van der Waals surface area contributed by atoms with Gasteiger partial charge in [0.2, 0.25) is 0 Å². The molecule has 1 atom stereocenters. The fourth-order valence-corrected chi connectivity index (χ4v) is 3.69. The van der Waals surface area contributed by atoms with E-state index in [1.165, 1.54) is 11.8 Å². The molecule has 0 radical (unpaired) electrons. The van der Waals surface area contributed by atoms with Crippen LogP contribution in [0.15, 0.2) is 35.7 Å². The zero-order chi connectivity index (χ0) is 16.6. The van der Waals surface area contributed by atoms with E-state index in [-0.39, 0.29) is 17.1 Å². The number of carbonyl (C=O) groups excluding carboxylic acids is 1. The predicted molar refractivity (Wildman–Crippen MR) is 93.1 cm³/mol. The molecule has 0 spiro atoms. The van der Waals surface area contributed by atoms with Crippen LogP contribution in [0.3, 0.4) is 0 Å². The highest BCUT2D eigenvalue weighted by atomic mass is 32.2. The van der Waals surface area contributed by atoms with Gasteiger partial charge in [0.05, 0.1) is 5.25 Å². The monoisotopic (exact) mass is 328 g/mol. The molecule has 23 heavy (non-hydrogen) atoms. The summed E-state index contributed by atoms with van der Waals surface area (Å²) in [5.74, 6) is 0.114. The third kappa shape index (κ3) is 2.91. The number of hydrogen-bond donors (Lipinski definition) is 1. The maximum absolute atomic E-state index is 12.9. The molecule has 0 fully saturated rings. The smallest absolute Gasteiger partial charge is 0.191 e. The lowest BCUT2D eigenvalue weighted by Crippen LogP contribution is -2.15. The van der Waals surface area contributed by atoms with Gasteiger partial charge in [0, 0.05) is 28.2 Å². The van der Waals surface area contributed by atoms with Crippen LogP contribution in [0.1, 0.15) is 42.9 Å². The Labute approximate surface area is 139 Å². The minimum atomic E-state index is -0.227. The van der Waals surface area contributed by atoms with Gasteiger partial charge in [-0.15, -0.1) is 10.2 Å². The molecule has 0 amide bonds. The lowest BCUT2D eigenvalue weighted by molar-refractivity contribution is 0.0995. The second kappa shape index (κ2) is 6.20. The van der Waals surface area contributed by atoms with Gasteiger partial charge in [0.1, 0.15) is 6.33 Å². The zero-order valence-electron chi connectivity index (χ0n) is 13.7. The molecule has 3 aromatic rings. The molecule has 2 heterocycles. The summed E-state index contributed by atoms with van der Waals surface area (Å²) in [6, 6.07) is 8.17. The van der Waals surface area contributed by atoms with Crippen LogP contribution in [0, 0.1) is 6.92 Å². The lowest BCUT2D eigenvalue weighted by Gasteiger charge is -2.13. The highest BCUT2D eigenvalue weighted by Gasteiger charge is 2.24. The number of thioether (sulfide) groups is 1. The summed E-state index contributed by atoms with van der Waals surface area (Å²) in [5.41, 5.74) is 2.68. The summed E-state index contributed by atoms with van der Waals surface area (Å²) in [7, 11) is 0. The number of benzene rings is 1. The summed E-state index contributed by atoms with van der Waals surface area (Å²) >= 11 is 1.45. The SMILES string of the molecule is Cc1[nH]c2ccccc2c1C(=O)[C@@H](C)Sc1nncn1C(C)C. The number of fused-ring (bicyclic) bond motifs is 1. The molecule has 1 N–H and O–H groups in total. The normalized spacial score (nSPS) is 12.9. The van der Waals surface area contributed by atoms with E-state index in [0.29, 0.717) is 0 Å². The van der Waals surface area contributed by atoms with Gasteiger partial charge in [-0.1, -0.05) is 30.0 Å². The number of aromatic amines is 1. The number of ketones is 1. The largest absolute Gasteiger partial charge is 0.358 e. The predicted octanol–water partition coefficient (Wildman–Crippen LogP) is 4.01. The Morgan fingerprint density at radius 3 is 2.74 bits per heavy atom. The Kier molecular flexibility index (Phi) is 4.26. The Morgan fingerprint density at radius 2 is 2.00 bits per heavy atom. The van der Waals surface area contributed by atoms with Gasteiger partial charge in [-0.05, 0) is 33.8 Å². The molecule has 1 aromatic carbocycles. The average molecular weight is 328 g/mol. The number of aromatic nitrogens is 4. The van der Waals surface area contributed by atoms with Crippen LogP contribution in [0.5, 0.6) is 0 Å². The quantitative estimate of drug-likeness (QED) is 0.568. The number of Topliss-reactive ketones (excluding diaryl/α,β-unsaturated/α-hetero) is 1. The van der Waals surface area contributed by atoms with Crippen LogP contribution < -0.4 is 0 Å². The first-order valence-corrected chi connectivity index (χ1v) is 8.54. The maximum atomic E-state index is 12.9. The maximum Gasteiger partial charge on any atom is 0.191 e. The number of nitrogens with zero attached hydrogens (tertiary/aromatic N) is 3. The van der Waals surface area contributed by atoms with Gasteiger partial charge in [0.15, 0.2) is 10.9 Å². The summed E-state index contributed by atoms with van der Waals surface area (Å²) in [6.45, 7) is 8.02. The van der Waals surface area contributed by atoms with Crippen molar-refractivity contribution in [2.45, 2.75) is 44.1 Å². The van der Waals surface area contributed by atoms with Gasteiger partial charge in [-0.2, -0.15) is 0 Å². The number of H-pyrrole nitrogens is 1. The second-order valence-corrected chi connectivity index (χ2v) is 7.22. The van der Waals surface area contributed by atoms with Gasteiger partial charge >= 0.3 is 0 Å². The van der Waals surface area contributed by atoms with Crippen molar-refractivity contribution in [2.24, 2.45) is 0 Å². The van der Waals surface area contributed by atoms with Crippen molar-refractivity contribution in [1.82, 2.24) is 19.7 Å². The van der Waals surface area contributed by atoms with Crippen LogP contribution >= 0.6 is 11.8 Å². The van der Waals surface area contributed by atoms with Crippen molar-refractivity contribution in [1.29, 1.82) is 0 Å². The fourth-order valence-electron chi connectivity index (χ4n) is 2.68. The summed E-state index contributed by atoms with van der Waals surface area (Å²) in [5, 5.41) is 9.63. The molecule has 120 valence electrons. The molecule has 0 unspecified atom stereocenters. The number of para-hydroxylation sites is 1. The van der Waals surface area contributed by atoms with E-state index < -0.39 is 0 Å². The molecular weight excluding hydrogens is 308 g/mol. The van der Waals surface area contributed by atoms with E-state index in [1.54, 1.807) is 6.33 Å². The highest BCUT2D eigenvalue weighted by molar-refractivity contribution is 8.00. The first kappa shape index (κ1) is 15.8. The van der Waals surface area contributed by atoms with Crippen LogP contribution in [-0.4, -0.2) is 30.8 Å². The van der Waals surface area contributed by atoms with Gasteiger partial charge < -0.3 is 9.55 Å². The first-order chi connectivity index (χ1) is 11.0. The molecule has 0 aliphatic heterocycles. The van der Waals surface area contributed by atoms with Crippen molar-refractivity contribution in [3.8, 4) is 0 Å². The van der Waals surface area contributed by atoms with E-state index in [9.17, 15) is 4.79 Å². The van der Waals surface area contributed by atoms with E-state index in [2.05, 4.69) is 29.0 Å². The molecular formula is C17H20N4OS. The van der Waals surface area contributed by atoms with Gasteiger partial charge in [0.25, 0.3) is 0 Å². The standard InChI is InChI=1S/C17H20N4OS/c1-10(2)21-9-18-20-17(21)23-12(4)16(22)15-11(3)19-14-8-6-5-7-13(14)15/h5-10,12,19H,1-4H3/t12-/m1/s1. The minimum Gasteiger partial charge on any atom is -0.358 e. The van der Waals surface area contributed by atoms with Crippen molar-refractivity contribution in [3.05, 3.63) is 41.9 Å². The van der Waals surface area contributed by atoms with Gasteiger partial charge in [-0.25, -0.2) is 0 Å². The molecule has 3 rings (SSSR count). The van der Waals surface area contributed by atoms with Crippen molar-refractivity contribution < 1.29 is 4.79 Å². The number of aryl methyl sites for hydroxylation is 1. The Hall–Kier alpha value is -2.08. The van der Waals surface area contributed by atoms with E-state index in [0.717, 1.165) is 27.3 Å². The molecule has 2 aromatic heterocycles. The Morgan fingerprint density at radius 1 is 1.26 bits per heavy atom. The van der Waals surface area contributed by atoms with Gasteiger partial charge in [-0.3, -0.25) is 4.79 Å². The van der Waals surface area contributed by atoms with Crippen LogP contribution in [-0.2, 0) is 0 Å². The first-order valence-electron chi connectivity index (χ1n) is 7.66. The fraction of sp³-hybridized carbons (Fsp3) is 0.353. The molecule has 0 bridgehead atoms. The Balaban J connectivity index is 1.90. The molecule has 0 saturated carbocycles. The molecule has 0 aliphatic rings. The highest BCUT2D eigenvalue weighted by Crippen LogP contribution is 2.29. The summed E-state index contributed by atoms with van der Waals surface area (Å²) in [4.78, 5) is 16.2. The number of hydrogen-bond acceptors (Lipinski definition) is 4. The van der Waals surface area contributed by atoms with Crippen LogP contribution in [0.25, 0.3) is 10.9 Å². The summed E-state index contributed by atoms with van der Waals surface area (Å²) in [6.07, 6.45) is 1.71. The van der Waals surface area contributed by atoms with Crippen molar-refractivity contribution >= 4 is 28.4 Å². The Bertz CT molecular complexity index is 849. The minimum absolute atomic E-state index is 0.114. The van der Waals surface area contributed by atoms with Crippen LogP contribution in [0.2, 0.25) is 0 Å². The topological polar surface area (TPSA) is 63.6 Å².